The molecule has 3 aromatic carbocycles. The molecule has 1 aliphatic heterocycles. The van der Waals surface area contributed by atoms with E-state index in [1.54, 1.807) is 0 Å². The second-order valence-corrected chi connectivity index (χ2v) is 13.0. The van der Waals surface area contributed by atoms with Crippen LogP contribution in [0.15, 0.2) is 134 Å². The Balaban J connectivity index is 1.18. The first-order chi connectivity index (χ1) is 23.1. The lowest BCUT2D eigenvalue weighted by Gasteiger charge is -2.32. The van der Waals surface area contributed by atoms with Crippen LogP contribution in [0, 0.1) is 18.8 Å². The molecule has 3 aliphatic rings. The molecular formula is C42H39N5. The number of hydrogen-bond acceptors (Lipinski definition) is 4. The minimum Gasteiger partial charge on any atom is -0.363 e. The van der Waals surface area contributed by atoms with Crippen LogP contribution >= 0.6 is 0 Å². The van der Waals surface area contributed by atoms with E-state index in [0.717, 1.165) is 47.9 Å². The SMILES string of the molecule is C=CC1c2ccccc2N(CC2C=CC=CC2)C1c1cn(-c2ccc(-c3nc(C)nc(C4=CC(C)CC=C4)n3)cc2)c2ccccc12. The van der Waals surface area contributed by atoms with E-state index in [9.17, 15) is 0 Å². The minimum atomic E-state index is 0.145. The van der Waals surface area contributed by atoms with Gasteiger partial charge in [0.05, 0.1) is 11.6 Å². The van der Waals surface area contributed by atoms with E-state index in [-0.39, 0.29) is 12.0 Å². The fraction of sp³-hybridized carbons (Fsp3) is 0.214. The summed E-state index contributed by atoms with van der Waals surface area (Å²) in [5.74, 6) is 3.29. The van der Waals surface area contributed by atoms with E-state index in [0.29, 0.717) is 17.7 Å². The lowest BCUT2D eigenvalue weighted by Crippen LogP contribution is -2.31. The Hall–Kier alpha value is -5.29. The summed E-state index contributed by atoms with van der Waals surface area (Å²) in [7, 11) is 0. The quantitative estimate of drug-likeness (QED) is 0.172. The van der Waals surface area contributed by atoms with Gasteiger partial charge in [-0.1, -0.05) is 91.9 Å². The lowest BCUT2D eigenvalue weighted by molar-refractivity contribution is 0.549. The highest BCUT2D eigenvalue weighted by atomic mass is 15.2. The van der Waals surface area contributed by atoms with E-state index < -0.39 is 0 Å². The summed E-state index contributed by atoms with van der Waals surface area (Å²) in [6, 6.07) is 26.4. The normalized spacial score (nSPS) is 21.7. The number of nitrogens with zero attached hydrogens (tertiary/aromatic N) is 5. The van der Waals surface area contributed by atoms with Crippen molar-refractivity contribution in [3.63, 3.8) is 0 Å². The maximum absolute atomic E-state index is 4.89. The zero-order chi connectivity index (χ0) is 31.9. The van der Waals surface area contributed by atoms with Crippen molar-refractivity contribution in [2.24, 2.45) is 11.8 Å². The number of allylic oxidation sites excluding steroid dienone is 7. The van der Waals surface area contributed by atoms with Gasteiger partial charge in [0.15, 0.2) is 11.6 Å². The van der Waals surface area contributed by atoms with Gasteiger partial charge in [-0.2, -0.15) is 0 Å². The van der Waals surface area contributed by atoms with Crippen molar-refractivity contribution in [1.29, 1.82) is 0 Å². The Morgan fingerprint density at radius 1 is 0.851 bits per heavy atom. The van der Waals surface area contributed by atoms with Gasteiger partial charge in [0.2, 0.25) is 0 Å². The molecular weight excluding hydrogens is 574 g/mol. The van der Waals surface area contributed by atoms with Gasteiger partial charge >= 0.3 is 0 Å². The number of anilines is 1. The van der Waals surface area contributed by atoms with Gasteiger partial charge in [0.25, 0.3) is 0 Å². The average Bonchev–Trinajstić information content (AvgIpc) is 3.64. The van der Waals surface area contributed by atoms with Crippen molar-refractivity contribution >= 4 is 22.2 Å². The molecule has 2 aliphatic carbocycles. The molecule has 5 nitrogen and oxygen atoms in total. The van der Waals surface area contributed by atoms with E-state index in [1.807, 2.05) is 6.92 Å². The second-order valence-electron chi connectivity index (χ2n) is 13.0. The smallest absolute Gasteiger partial charge is 0.163 e. The Bertz CT molecular complexity index is 2090. The van der Waals surface area contributed by atoms with Crippen LogP contribution in [-0.2, 0) is 0 Å². The highest BCUT2D eigenvalue weighted by molar-refractivity contribution is 5.87. The Kier molecular flexibility index (Phi) is 7.53. The monoisotopic (exact) mass is 613 g/mol. The van der Waals surface area contributed by atoms with Gasteiger partial charge in [-0.15, -0.1) is 6.58 Å². The van der Waals surface area contributed by atoms with Crippen LogP contribution in [0.5, 0.6) is 0 Å². The standard InChI is InChI=1S/C42H39N5/c1-4-34-35-17-8-11-20-39(35)47(26-30-14-6-5-7-15-30)40(34)37-27-46(38-19-10-9-18-36(37)38)33-23-21-31(22-24-33)41-43-29(3)44-42(45-41)32-16-12-13-28(2)25-32/h4-12,14,16-25,27-28,30,34,40H,1,13,15,26H2,2-3H3. The van der Waals surface area contributed by atoms with Crippen molar-refractivity contribution in [2.45, 2.75) is 38.6 Å². The summed E-state index contributed by atoms with van der Waals surface area (Å²) < 4.78 is 2.34. The zero-order valence-electron chi connectivity index (χ0n) is 27.0. The predicted molar refractivity (Wildman–Crippen MR) is 194 cm³/mol. The van der Waals surface area contributed by atoms with E-state index in [4.69, 9.17) is 9.97 Å². The van der Waals surface area contributed by atoms with E-state index in [2.05, 4.69) is 156 Å². The third-order valence-electron chi connectivity index (χ3n) is 9.78. The molecule has 5 aromatic rings. The summed E-state index contributed by atoms with van der Waals surface area (Å²) >= 11 is 0. The Morgan fingerprint density at radius 3 is 2.47 bits per heavy atom. The maximum atomic E-state index is 4.89. The molecule has 4 unspecified atom stereocenters. The lowest BCUT2D eigenvalue weighted by atomic mass is 9.89. The van der Waals surface area contributed by atoms with Gasteiger partial charge < -0.3 is 9.47 Å². The van der Waals surface area contributed by atoms with Crippen LogP contribution in [0.4, 0.5) is 5.69 Å². The number of fused-ring (bicyclic) bond motifs is 2. The Morgan fingerprint density at radius 2 is 1.66 bits per heavy atom. The first-order valence-electron chi connectivity index (χ1n) is 16.7. The number of benzene rings is 3. The number of hydrogen-bond donors (Lipinski definition) is 0. The number of rotatable bonds is 7. The first kappa shape index (κ1) is 29.1. The molecule has 4 atom stereocenters. The maximum Gasteiger partial charge on any atom is 0.163 e. The second kappa shape index (κ2) is 12.1. The topological polar surface area (TPSA) is 46.8 Å². The van der Waals surface area contributed by atoms with Crippen molar-refractivity contribution < 1.29 is 0 Å². The van der Waals surface area contributed by atoms with Crippen LogP contribution in [0.3, 0.4) is 0 Å². The van der Waals surface area contributed by atoms with Crippen LogP contribution in [0.25, 0.3) is 33.6 Å². The highest BCUT2D eigenvalue weighted by Gasteiger charge is 2.39. The number of aryl methyl sites for hydroxylation is 1. The predicted octanol–water partition coefficient (Wildman–Crippen LogP) is 9.73. The summed E-state index contributed by atoms with van der Waals surface area (Å²) in [6.07, 6.45) is 22.2. The van der Waals surface area contributed by atoms with Crippen molar-refractivity contribution in [2.75, 3.05) is 11.4 Å². The molecule has 5 heteroatoms. The molecule has 0 bridgehead atoms. The largest absolute Gasteiger partial charge is 0.363 e. The van der Waals surface area contributed by atoms with Crippen LogP contribution in [-0.4, -0.2) is 26.1 Å². The van der Waals surface area contributed by atoms with E-state index >= 15 is 0 Å². The van der Waals surface area contributed by atoms with Crippen molar-refractivity contribution in [1.82, 2.24) is 19.5 Å². The number of para-hydroxylation sites is 2. The third kappa shape index (κ3) is 5.36. The molecule has 0 spiro atoms. The Labute approximate surface area is 277 Å². The molecule has 0 saturated carbocycles. The van der Waals surface area contributed by atoms with Crippen LogP contribution in [0.1, 0.15) is 54.5 Å². The van der Waals surface area contributed by atoms with E-state index in [1.165, 1.54) is 27.7 Å². The molecule has 232 valence electrons. The molecule has 0 radical (unpaired) electrons. The molecule has 3 heterocycles. The van der Waals surface area contributed by atoms with Gasteiger partial charge in [0, 0.05) is 52.1 Å². The van der Waals surface area contributed by atoms with Gasteiger partial charge in [-0.3, -0.25) is 0 Å². The molecule has 0 fully saturated rings. The van der Waals surface area contributed by atoms with Gasteiger partial charge in [0.1, 0.15) is 5.82 Å². The van der Waals surface area contributed by atoms with Crippen LogP contribution in [0.2, 0.25) is 0 Å². The molecule has 47 heavy (non-hydrogen) atoms. The fourth-order valence-electron chi connectivity index (χ4n) is 7.55. The number of aromatic nitrogens is 4. The van der Waals surface area contributed by atoms with Gasteiger partial charge in [-0.25, -0.2) is 15.0 Å². The zero-order valence-corrected chi connectivity index (χ0v) is 27.0. The highest BCUT2D eigenvalue weighted by Crippen LogP contribution is 2.51. The third-order valence-corrected chi connectivity index (χ3v) is 9.78. The molecule has 0 N–H and O–H groups in total. The summed E-state index contributed by atoms with van der Waals surface area (Å²) in [5.41, 5.74) is 8.32. The molecule has 0 amide bonds. The average molecular weight is 614 g/mol. The molecule has 0 saturated heterocycles. The summed E-state index contributed by atoms with van der Waals surface area (Å²) in [5, 5.41) is 1.27. The fourth-order valence-corrected chi connectivity index (χ4v) is 7.55. The summed E-state index contributed by atoms with van der Waals surface area (Å²) in [6.45, 7) is 9.47. The summed E-state index contributed by atoms with van der Waals surface area (Å²) in [4.78, 5) is 16.9. The molecule has 8 rings (SSSR count). The van der Waals surface area contributed by atoms with Crippen molar-refractivity contribution in [3.05, 3.63) is 157 Å². The minimum absolute atomic E-state index is 0.145. The van der Waals surface area contributed by atoms with Crippen molar-refractivity contribution in [3.8, 4) is 17.1 Å². The van der Waals surface area contributed by atoms with Crippen LogP contribution < -0.4 is 4.90 Å². The van der Waals surface area contributed by atoms with Gasteiger partial charge in [-0.05, 0) is 73.6 Å². The first-order valence-corrected chi connectivity index (χ1v) is 16.7. The molecule has 2 aromatic heterocycles.